The van der Waals surface area contributed by atoms with Crippen molar-refractivity contribution in [3.63, 3.8) is 0 Å². The summed E-state index contributed by atoms with van der Waals surface area (Å²) in [5.74, 6) is -2.60. The lowest BCUT2D eigenvalue weighted by Crippen LogP contribution is -2.44. The van der Waals surface area contributed by atoms with Crippen LogP contribution in [0.15, 0.2) is 66.7 Å². The van der Waals surface area contributed by atoms with Crippen molar-refractivity contribution in [3.05, 3.63) is 89.5 Å². The molecule has 3 aromatic rings. The number of nitrogens with zero attached hydrogens (tertiary/aromatic N) is 1. The van der Waals surface area contributed by atoms with E-state index < -0.39 is 22.9 Å². The number of phenols is 1. The molecule has 2 amide bonds. The molecule has 2 N–H and O–H groups in total. The van der Waals surface area contributed by atoms with Gasteiger partial charge in [-0.25, -0.2) is 13.8 Å². The fourth-order valence-electron chi connectivity index (χ4n) is 3.20. The van der Waals surface area contributed by atoms with Crippen molar-refractivity contribution >= 4 is 23.6 Å². The first-order valence-corrected chi connectivity index (χ1v) is 10.1. The van der Waals surface area contributed by atoms with Gasteiger partial charge in [0.15, 0.2) is 0 Å². The SMILES string of the molecule is O=C(NN1C(=O)CSC1c1ccccc1)c1cc(-c2cc(F)cc(F)c2)ccc1O. The molecule has 1 aliphatic heterocycles. The predicted octanol–water partition coefficient (Wildman–Crippen LogP) is 4.26. The molecule has 30 heavy (non-hydrogen) atoms. The molecule has 1 aliphatic rings. The molecule has 1 fully saturated rings. The van der Waals surface area contributed by atoms with E-state index in [2.05, 4.69) is 5.43 Å². The topological polar surface area (TPSA) is 69.6 Å². The lowest BCUT2D eigenvalue weighted by Gasteiger charge is -2.24. The fourth-order valence-corrected chi connectivity index (χ4v) is 4.31. The van der Waals surface area contributed by atoms with E-state index >= 15 is 0 Å². The Kier molecular flexibility index (Phi) is 5.41. The molecule has 0 bridgehead atoms. The van der Waals surface area contributed by atoms with Gasteiger partial charge in [0.2, 0.25) is 0 Å². The van der Waals surface area contributed by atoms with Crippen LogP contribution in [0.2, 0.25) is 0 Å². The zero-order valence-electron chi connectivity index (χ0n) is 15.5. The number of carbonyl (C=O) groups is 2. The van der Waals surface area contributed by atoms with Crippen LogP contribution in [-0.2, 0) is 4.79 Å². The molecule has 1 heterocycles. The highest BCUT2D eigenvalue weighted by atomic mass is 32.2. The third-order valence-corrected chi connectivity index (χ3v) is 5.82. The first kappa shape index (κ1) is 19.9. The maximum absolute atomic E-state index is 13.6. The molecular formula is C22H16F2N2O3S. The number of hydrogen-bond donors (Lipinski definition) is 2. The van der Waals surface area contributed by atoms with E-state index in [0.717, 1.165) is 23.8 Å². The van der Waals surface area contributed by atoms with Crippen LogP contribution in [0.25, 0.3) is 11.1 Å². The molecule has 152 valence electrons. The number of phenolic OH excluding ortho intramolecular Hbond substituents is 1. The molecule has 0 spiro atoms. The predicted molar refractivity (Wildman–Crippen MR) is 109 cm³/mol. The fraction of sp³-hybridized carbons (Fsp3) is 0.0909. The zero-order valence-corrected chi connectivity index (χ0v) is 16.3. The summed E-state index contributed by atoms with van der Waals surface area (Å²) in [5, 5.41) is 11.0. The number of amides is 2. The molecule has 0 saturated carbocycles. The van der Waals surface area contributed by atoms with Crippen molar-refractivity contribution in [1.29, 1.82) is 0 Å². The first-order chi connectivity index (χ1) is 14.4. The monoisotopic (exact) mass is 426 g/mol. The van der Waals surface area contributed by atoms with Crippen LogP contribution in [0.1, 0.15) is 21.3 Å². The molecular weight excluding hydrogens is 410 g/mol. The quantitative estimate of drug-likeness (QED) is 0.654. The number of halogens is 2. The van der Waals surface area contributed by atoms with Crippen LogP contribution in [-0.4, -0.2) is 27.7 Å². The molecule has 1 unspecified atom stereocenters. The Labute approximate surface area is 175 Å². The van der Waals surface area contributed by atoms with E-state index in [4.69, 9.17) is 0 Å². The minimum Gasteiger partial charge on any atom is -0.507 e. The normalized spacial score (nSPS) is 16.0. The standard InChI is InChI=1S/C22H16F2N2O3S/c23-16-8-15(9-17(24)11-16)14-6-7-19(27)18(10-14)21(29)25-26-20(28)12-30-22(26)13-4-2-1-3-5-13/h1-11,22,27H,12H2,(H,25,29). The number of hydrazine groups is 1. The summed E-state index contributed by atoms with van der Waals surface area (Å²) >= 11 is 1.37. The molecule has 0 aliphatic carbocycles. The van der Waals surface area contributed by atoms with Gasteiger partial charge in [0.25, 0.3) is 11.8 Å². The Morgan fingerprint density at radius 1 is 1.00 bits per heavy atom. The van der Waals surface area contributed by atoms with Crippen LogP contribution in [0.4, 0.5) is 8.78 Å². The van der Waals surface area contributed by atoms with E-state index in [1.807, 2.05) is 30.3 Å². The zero-order chi connectivity index (χ0) is 21.3. The summed E-state index contributed by atoms with van der Waals surface area (Å²) in [7, 11) is 0. The first-order valence-electron chi connectivity index (χ1n) is 9.01. The number of rotatable bonds is 4. The van der Waals surface area contributed by atoms with Gasteiger partial charge in [-0.2, -0.15) is 0 Å². The minimum atomic E-state index is -0.755. The second-order valence-corrected chi connectivity index (χ2v) is 7.74. The van der Waals surface area contributed by atoms with Crippen LogP contribution in [0.5, 0.6) is 5.75 Å². The van der Waals surface area contributed by atoms with E-state index in [1.54, 1.807) is 0 Å². The largest absolute Gasteiger partial charge is 0.507 e. The second kappa shape index (κ2) is 8.16. The molecule has 0 radical (unpaired) electrons. The van der Waals surface area contributed by atoms with Gasteiger partial charge in [-0.05, 0) is 41.0 Å². The lowest BCUT2D eigenvalue weighted by atomic mass is 10.0. The molecule has 1 saturated heterocycles. The van der Waals surface area contributed by atoms with Crippen molar-refractivity contribution in [2.45, 2.75) is 5.37 Å². The molecule has 3 aromatic carbocycles. The molecule has 0 aromatic heterocycles. The number of carbonyl (C=O) groups excluding carboxylic acids is 2. The van der Waals surface area contributed by atoms with Gasteiger partial charge >= 0.3 is 0 Å². The van der Waals surface area contributed by atoms with Crippen LogP contribution in [0.3, 0.4) is 0 Å². The molecule has 4 rings (SSSR count). The van der Waals surface area contributed by atoms with Gasteiger partial charge in [0, 0.05) is 6.07 Å². The average Bonchev–Trinajstić information content (AvgIpc) is 3.08. The summed E-state index contributed by atoms with van der Waals surface area (Å²) in [4.78, 5) is 25.2. The molecule has 8 heteroatoms. The summed E-state index contributed by atoms with van der Waals surface area (Å²) in [6, 6.07) is 16.3. The Hall–Kier alpha value is -3.39. The Bertz CT molecular complexity index is 1100. The lowest BCUT2D eigenvalue weighted by molar-refractivity contribution is -0.130. The van der Waals surface area contributed by atoms with Crippen molar-refractivity contribution < 1.29 is 23.5 Å². The summed E-state index contributed by atoms with van der Waals surface area (Å²) in [6.07, 6.45) is 0. The minimum absolute atomic E-state index is 0.117. The van der Waals surface area contributed by atoms with Crippen molar-refractivity contribution in [2.24, 2.45) is 0 Å². The molecule has 5 nitrogen and oxygen atoms in total. The highest BCUT2D eigenvalue weighted by molar-refractivity contribution is 8.00. The smallest absolute Gasteiger partial charge is 0.273 e. The summed E-state index contributed by atoms with van der Waals surface area (Å²) < 4.78 is 27.1. The van der Waals surface area contributed by atoms with E-state index in [1.165, 1.54) is 35.0 Å². The highest BCUT2D eigenvalue weighted by Gasteiger charge is 2.34. The summed E-state index contributed by atoms with van der Waals surface area (Å²) in [6.45, 7) is 0. The Morgan fingerprint density at radius 3 is 2.40 bits per heavy atom. The average molecular weight is 426 g/mol. The van der Waals surface area contributed by atoms with Crippen LogP contribution in [0, 0.1) is 11.6 Å². The van der Waals surface area contributed by atoms with Crippen molar-refractivity contribution in [3.8, 4) is 16.9 Å². The van der Waals surface area contributed by atoms with Crippen molar-refractivity contribution in [1.82, 2.24) is 10.4 Å². The van der Waals surface area contributed by atoms with Gasteiger partial charge in [0.05, 0.1) is 11.3 Å². The Balaban J connectivity index is 1.62. The maximum atomic E-state index is 13.6. The third kappa shape index (κ3) is 3.99. The van der Waals surface area contributed by atoms with Gasteiger partial charge in [-0.3, -0.25) is 15.0 Å². The second-order valence-electron chi connectivity index (χ2n) is 6.67. The number of aromatic hydroxyl groups is 1. The number of benzene rings is 3. The third-order valence-electron chi connectivity index (χ3n) is 4.61. The van der Waals surface area contributed by atoms with Crippen LogP contribution < -0.4 is 5.43 Å². The van der Waals surface area contributed by atoms with Crippen molar-refractivity contribution in [2.75, 3.05) is 5.75 Å². The van der Waals surface area contributed by atoms with Gasteiger partial charge in [-0.15, -0.1) is 11.8 Å². The van der Waals surface area contributed by atoms with Crippen LogP contribution >= 0.6 is 11.8 Å². The number of hydrogen-bond acceptors (Lipinski definition) is 4. The molecule has 1 atom stereocenters. The van der Waals surface area contributed by atoms with Gasteiger partial charge < -0.3 is 5.11 Å². The highest BCUT2D eigenvalue weighted by Crippen LogP contribution is 2.37. The van der Waals surface area contributed by atoms with Gasteiger partial charge in [-0.1, -0.05) is 36.4 Å². The van der Waals surface area contributed by atoms with E-state index in [0.29, 0.717) is 5.56 Å². The summed E-state index contributed by atoms with van der Waals surface area (Å²) in [5.41, 5.74) is 3.85. The van der Waals surface area contributed by atoms with E-state index in [-0.39, 0.29) is 28.5 Å². The number of thioether (sulfide) groups is 1. The Morgan fingerprint density at radius 2 is 1.70 bits per heavy atom. The number of nitrogens with one attached hydrogen (secondary N) is 1. The van der Waals surface area contributed by atoms with E-state index in [9.17, 15) is 23.5 Å². The maximum Gasteiger partial charge on any atom is 0.273 e. The van der Waals surface area contributed by atoms with Gasteiger partial charge in [0.1, 0.15) is 22.8 Å².